The van der Waals surface area contributed by atoms with Gasteiger partial charge in [-0.1, -0.05) is 23.7 Å². The Bertz CT molecular complexity index is 847. The molecule has 0 spiro atoms. The van der Waals surface area contributed by atoms with Crippen LogP contribution in [0, 0.1) is 13.8 Å². The van der Waals surface area contributed by atoms with Crippen molar-refractivity contribution in [2.75, 3.05) is 17.1 Å². The van der Waals surface area contributed by atoms with Crippen molar-refractivity contribution in [2.24, 2.45) is 0 Å². The second-order valence-corrected chi connectivity index (χ2v) is 8.13. The molecule has 0 bridgehead atoms. The minimum absolute atomic E-state index is 0.269. The molecule has 0 aliphatic rings. The molecule has 25 heavy (non-hydrogen) atoms. The lowest BCUT2D eigenvalue weighted by Crippen LogP contribution is -2.40. The first kappa shape index (κ1) is 19.2. The fourth-order valence-corrected chi connectivity index (χ4v) is 3.87. The molecular weight excluding hydrogens is 362 g/mol. The molecule has 0 fully saturated rings. The summed E-state index contributed by atoms with van der Waals surface area (Å²) < 4.78 is 25.4. The first-order chi connectivity index (χ1) is 11.7. The molecule has 8 heteroatoms. The SMILES string of the molecule is Cc1cc(C)c(N(CC(=O)NCc2cccnc2)S(C)(=O)=O)c(Cl)c1. The zero-order chi connectivity index (χ0) is 18.6. The van der Waals surface area contributed by atoms with Crippen LogP contribution in [-0.2, 0) is 21.4 Å². The average Bonchev–Trinajstić information content (AvgIpc) is 2.51. The number of nitrogens with zero attached hydrogens (tertiary/aromatic N) is 2. The lowest BCUT2D eigenvalue weighted by Gasteiger charge is -2.25. The fourth-order valence-electron chi connectivity index (χ4n) is 2.48. The molecule has 0 unspecified atom stereocenters. The van der Waals surface area contributed by atoms with E-state index < -0.39 is 15.9 Å². The molecule has 1 aromatic carbocycles. The fraction of sp³-hybridized carbons (Fsp3) is 0.294. The number of halogens is 1. The standard InChI is InChI=1S/C17H20ClN3O3S/c1-12-7-13(2)17(15(18)8-12)21(25(3,23)24)11-16(22)20-10-14-5-4-6-19-9-14/h4-9H,10-11H2,1-3H3,(H,20,22). The molecule has 0 radical (unpaired) electrons. The molecule has 6 nitrogen and oxygen atoms in total. The van der Waals surface area contributed by atoms with Gasteiger partial charge in [-0.2, -0.15) is 0 Å². The van der Waals surface area contributed by atoms with E-state index in [4.69, 9.17) is 11.6 Å². The normalized spacial score (nSPS) is 11.2. The van der Waals surface area contributed by atoms with Gasteiger partial charge in [0.05, 0.1) is 17.0 Å². The van der Waals surface area contributed by atoms with Crippen molar-refractivity contribution in [3.63, 3.8) is 0 Å². The highest BCUT2D eigenvalue weighted by atomic mass is 35.5. The third-order valence-electron chi connectivity index (χ3n) is 3.55. The number of aryl methyl sites for hydroxylation is 2. The quantitative estimate of drug-likeness (QED) is 0.833. The Morgan fingerprint density at radius 2 is 2.04 bits per heavy atom. The predicted octanol–water partition coefficient (Wildman–Crippen LogP) is 2.43. The topological polar surface area (TPSA) is 79.4 Å². The summed E-state index contributed by atoms with van der Waals surface area (Å²) >= 11 is 6.25. The van der Waals surface area contributed by atoms with Gasteiger partial charge in [-0.15, -0.1) is 0 Å². The van der Waals surface area contributed by atoms with Crippen LogP contribution >= 0.6 is 11.6 Å². The van der Waals surface area contributed by atoms with Crippen LogP contribution in [0.3, 0.4) is 0 Å². The lowest BCUT2D eigenvalue weighted by molar-refractivity contribution is -0.119. The zero-order valence-corrected chi connectivity index (χ0v) is 15.9. The van der Waals surface area contributed by atoms with E-state index in [1.54, 1.807) is 31.5 Å². The molecule has 0 aliphatic heterocycles. The summed E-state index contributed by atoms with van der Waals surface area (Å²) in [4.78, 5) is 16.2. The molecule has 2 aromatic rings. The van der Waals surface area contributed by atoms with Gasteiger partial charge in [-0.25, -0.2) is 8.42 Å². The van der Waals surface area contributed by atoms with Crippen molar-refractivity contribution in [1.29, 1.82) is 0 Å². The minimum atomic E-state index is -3.68. The van der Waals surface area contributed by atoms with E-state index in [1.807, 2.05) is 19.1 Å². The van der Waals surface area contributed by atoms with Crippen LogP contribution in [0.1, 0.15) is 16.7 Å². The molecule has 2 rings (SSSR count). The first-order valence-electron chi connectivity index (χ1n) is 7.58. The van der Waals surface area contributed by atoms with Gasteiger partial charge in [-0.3, -0.25) is 14.1 Å². The van der Waals surface area contributed by atoms with Gasteiger partial charge >= 0.3 is 0 Å². The van der Waals surface area contributed by atoms with Crippen LogP contribution in [0.2, 0.25) is 5.02 Å². The van der Waals surface area contributed by atoms with Crippen molar-refractivity contribution >= 4 is 33.2 Å². The van der Waals surface area contributed by atoms with Crippen molar-refractivity contribution in [2.45, 2.75) is 20.4 Å². The summed E-state index contributed by atoms with van der Waals surface area (Å²) in [5, 5.41) is 2.99. The van der Waals surface area contributed by atoms with E-state index in [-0.39, 0.29) is 13.1 Å². The average molecular weight is 382 g/mol. The van der Waals surface area contributed by atoms with Crippen LogP contribution in [0.5, 0.6) is 0 Å². The number of nitrogens with one attached hydrogen (secondary N) is 1. The Hall–Kier alpha value is -2.12. The molecule has 0 atom stereocenters. The van der Waals surface area contributed by atoms with E-state index in [1.165, 1.54) is 0 Å². The second kappa shape index (κ2) is 7.84. The summed E-state index contributed by atoms with van der Waals surface area (Å²) in [6.07, 6.45) is 4.32. The maximum Gasteiger partial charge on any atom is 0.241 e. The summed E-state index contributed by atoms with van der Waals surface area (Å²) in [7, 11) is -3.68. The number of carbonyl (C=O) groups excluding carboxylic acids is 1. The Morgan fingerprint density at radius 1 is 1.32 bits per heavy atom. The summed E-state index contributed by atoms with van der Waals surface area (Å²) in [6, 6.07) is 7.09. The molecule has 134 valence electrons. The van der Waals surface area contributed by atoms with Gasteiger partial charge in [0.15, 0.2) is 0 Å². The highest BCUT2D eigenvalue weighted by Gasteiger charge is 2.24. The van der Waals surface area contributed by atoms with Crippen LogP contribution < -0.4 is 9.62 Å². The Kier molecular flexibility index (Phi) is 6.02. The van der Waals surface area contributed by atoms with Crippen LogP contribution in [0.15, 0.2) is 36.7 Å². The van der Waals surface area contributed by atoms with E-state index >= 15 is 0 Å². The molecule has 1 amide bonds. The number of carbonyl (C=O) groups is 1. The van der Waals surface area contributed by atoms with Crippen molar-refractivity contribution in [3.05, 3.63) is 58.4 Å². The number of aromatic nitrogens is 1. The number of amides is 1. The summed E-state index contributed by atoms with van der Waals surface area (Å²) in [5.74, 6) is -0.426. The second-order valence-electron chi connectivity index (χ2n) is 5.82. The van der Waals surface area contributed by atoms with Crippen LogP contribution in [0.4, 0.5) is 5.69 Å². The van der Waals surface area contributed by atoms with Gasteiger partial charge in [-0.05, 0) is 42.7 Å². The zero-order valence-electron chi connectivity index (χ0n) is 14.3. The molecular formula is C17H20ClN3O3S. The first-order valence-corrected chi connectivity index (χ1v) is 9.81. The van der Waals surface area contributed by atoms with E-state index in [0.29, 0.717) is 16.3 Å². The number of benzene rings is 1. The number of hydrogen-bond donors (Lipinski definition) is 1. The number of rotatable bonds is 6. The van der Waals surface area contributed by atoms with Gasteiger partial charge in [0.1, 0.15) is 6.54 Å². The maximum atomic E-state index is 12.3. The van der Waals surface area contributed by atoms with Gasteiger partial charge < -0.3 is 5.32 Å². The monoisotopic (exact) mass is 381 g/mol. The third-order valence-corrected chi connectivity index (χ3v) is 4.95. The number of pyridine rings is 1. The minimum Gasteiger partial charge on any atom is -0.350 e. The summed E-state index contributed by atoms with van der Waals surface area (Å²) in [5.41, 5.74) is 2.76. The van der Waals surface area contributed by atoms with E-state index in [9.17, 15) is 13.2 Å². The molecule has 0 aliphatic carbocycles. The van der Waals surface area contributed by atoms with E-state index in [2.05, 4.69) is 10.3 Å². The largest absolute Gasteiger partial charge is 0.350 e. The van der Waals surface area contributed by atoms with E-state index in [0.717, 1.165) is 21.7 Å². The van der Waals surface area contributed by atoms with Gasteiger partial charge in [0.25, 0.3) is 0 Å². The van der Waals surface area contributed by atoms with Crippen LogP contribution in [-0.4, -0.2) is 32.1 Å². The molecule has 1 aromatic heterocycles. The molecule has 0 saturated carbocycles. The van der Waals surface area contributed by atoms with Crippen molar-refractivity contribution < 1.29 is 13.2 Å². The van der Waals surface area contributed by atoms with Crippen molar-refractivity contribution in [3.8, 4) is 0 Å². The number of sulfonamides is 1. The predicted molar refractivity (Wildman–Crippen MR) is 99.2 cm³/mol. The van der Waals surface area contributed by atoms with Gasteiger partial charge in [0.2, 0.25) is 15.9 Å². The molecule has 1 N–H and O–H groups in total. The number of anilines is 1. The smallest absolute Gasteiger partial charge is 0.241 e. The Balaban J connectivity index is 2.21. The highest BCUT2D eigenvalue weighted by Crippen LogP contribution is 2.32. The lowest BCUT2D eigenvalue weighted by atomic mass is 10.1. The molecule has 1 heterocycles. The Morgan fingerprint density at radius 3 is 2.60 bits per heavy atom. The summed E-state index contributed by atoms with van der Waals surface area (Å²) in [6.45, 7) is 3.56. The maximum absolute atomic E-state index is 12.3. The van der Waals surface area contributed by atoms with Crippen molar-refractivity contribution in [1.82, 2.24) is 10.3 Å². The Labute approximate surface area is 152 Å². The number of hydrogen-bond acceptors (Lipinski definition) is 4. The molecule has 0 saturated heterocycles. The highest BCUT2D eigenvalue weighted by molar-refractivity contribution is 7.92. The van der Waals surface area contributed by atoms with Crippen LogP contribution in [0.25, 0.3) is 0 Å². The third kappa shape index (κ3) is 5.17. The van der Waals surface area contributed by atoms with Gasteiger partial charge in [0, 0.05) is 18.9 Å².